The molecule has 1 aromatic carbocycles. The summed E-state index contributed by atoms with van der Waals surface area (Å²) in [5.74, 6) is -1.19. The number of aliphatic carboxylic acids is 1. The first-order chi connectivity index (χ1) is 8.95. The fraction of sp³-hybridized carbons (Fsp3) is 0.500. The van der Waals surface area contributed by atoms with Gasteiger partial charge in [-0.3, -0.25) is 4.79 Å². The molecule has 0 aliphatic heterocycles. The maximum atomic E-state index is 12.4. The molecule has 6 heteroatoms. The van der Waals surface area contributed by atoms with Gasteiger partial charge >= 0.3 is 5.97 Å². The van der Waals surface area contributed by atoms with Crippen molar-refractivity contribution in [3.63, 3.8) is 0 Å². The van der Waals surface area contributed by atoms with Crippen LogP contribution in [0.4, 0.5) is 0 Å². The summed E-state index contributed by atoms with van der Waals surface area (Å²) in [6.07, 6.45) is 0. The molecule has 0 saturated heterocycles. The second-order valence-electron chi connectivity index (χ2n) is 6.03. The van der Waals surface area contributed by atoms with Gasteiger partial charge in [0, 0.05) is 0 Å². The van der Waals surface area contributed by atoms with Gasteiger partial charge in [-0.2, -0.15) is 4.72 Å². The Hall–Kier alpha value is -1.40. The number of carboxylic acid groups (broad SMARTS) is 1. The number of sulfonamides is 1. The average molecular weight is 299 g/mol. The van der Waals surface area contributed by atoms with E-state index >= 15 is 0 Å². The van der Waals surface area contributed by atoms with Crippen LogP contribution < -0.4 is 4.72 Å². The molecule has 0 amide bonds. The van der Waals surface area contributed by atoms with E-state index in [2.05, 4.69) is 4.72 Å². The molecule has 0 bridgehead atoms. The van der Waals surface area contributed by atoms with Crippen molar-refractivity contribution in [3.05, 3.63) is 29.3 Å². The van der Waals surface area contributed by atoms with Gasteiger partial charge in [0.2, 0.25) is 10.0 Å². The first-order valence-corrected chi connectivity index (χ1v) is 7.76. The fourth-order valence-corrected chi connectivity index (χ4v) is 3.54. The first-order valence-electron chi connectivity index (χ1n) is 6.27. The molecule has 20 heavy (non-hydrogen) atoms. The lowest BCUT2D eigenvalue weighted by Gasteiger charge is -2.27. The van der Waals surface area contributed by atoms with Crippen LogP contribution in [-0.4, -0.2) is 25.5 Å². The monoisotopic (exact) mass is 299 g/mol. The Bertz CT molecular complexity index is 615. The lowest BCUT2D eigenvalue weighted by Crippen LogP contribution is -2.49. The van der Waals surface area contributed by atoms with Crippen molar-refractivity contribution < 1.29 is 18.3 Å². The summed E-state index contributed by atoms with van der Waals surface area (Å²) >= 11 is 0. The van der Waals surface area contributed by atoms with E-state index in [0.29, 0.717) is 5.56 Å². The Morgan fingerprint density at radius 1 is 1.25 bits per heavy atom. The van der Waals surface area contributed by atoms with Gasteiger partial charge < -0.3 is 5.11 Å². The van der Waals surface area contributed by atoms with E-state index in [9.17, 15) is 18.3 Å². The Kier molecular flexibility index (Phi) is 4.61. The molecule has 0 spiro atoms. The van der Waals surface area contributed by atoms with Crippen molar-refractivity contribution in [2.24, 2.45) is 5.41 Å². The molecule has 0 radical (unpaired) electrons. The second kappa shape index (κ2) is 5.54. The molecule has 1 aromatic rings. The lowest BCUT2D eigenvalue weighted by molar-refractivity contribution is -0.141. The molecule has 0 aliphatic carbocycles. The van der Waals surface area contributed by atoms with Gasteiger partial charge in [-0.1, -0.05) is 32.9 Å². The molecule has 5 nitrogen and oxygen atoms in total. The van der Waals surface area contributed by atoms with Gasteiger partial charge in [-0.05, 0) is 36.5 Å². The van der Waals surface area contributed by atoms with E-state index in [0.717, 1.165) is 5.56 Å². The fourth-order valence-electron chi connectivity index (χ4n) is 1.81. The minimum absolute atomic E-state index is 0.119. The van der Waals surface area contributed by atoms with Crippen LogP contribution in [-0.2, 0) is 14.8 Å². The summed E-state index contributed by atoms with van der Waals surface area (Å²) in [7, 11) is -3.87. The van der Waals surface area contributed by atoms with Gasteiger partial charge in [0.05, 0.1) is 4.90 Å². The number of carboxylic acids is 1. The third kappa shape index (κ3) is 3.80. The van der Waals surface area contributed by atoms with Crippen LogP contribution >= 0.6 is 0 Å². The molecule has 0 aromatic heterocycles. The predicted octanol–water partition coefficient (Wildman–Crippen LogP) is 2.08. The summed E-state index contributed by atoms with van der Waals surface area (Å²) in [5, 5.41) is 9.22. The minimum Gasteiger partial charge on any atom is -0.480 e. The van der Waals surface area contributed by atoms with Crippen molar-refractivity contribution in [1.82, 2.24) is 4.72 Å². The summed E-state index contributed by atoms with van der Waals surface area (Å²) in [4.78, 5) is 11.4. The molecule has 0 aliphatic rings. The SMILES string of the molecule is Cc1ccc(C)c(S(=O)(=O)N[C@H](C(=O)O)C(C)(C)C)c1. The number of rotatable bonds is 4. The zero-order valence-corrected chi connectivity index (χ0v) is 13.2. The topological polar surface area (TPSA) is 83.5 Å². The van der Waals surface area contributed by atoms with Gasteiger partial charge in [-0.15, -0.1) is 0 Å². The van der Waals surface area contributed by atoms with Crippen LogP contribution in [0.2, 0.25) is 0 Å². The van der Waals surface area contributed by atoms with Crippen LogP contribution in [0.5, 0.6) is 0 Å². The summed E-state index contributed by atoms with van der Waals surface area (Å²) in [6.45, 7) is 8.50. The molecule has 2 N–H and O–H groups in total. The van der Waals surface area contributed by atoms with E-state index in [-0.39, 0.29) is 4.90 Å². The number of nitrogens with one attached hydrogen (secondary N) is 1. The molecule has 0 unspecified atom stereocenters. The highest BCUT2D eigenvalue weighted by Crippen LogP contribution is 2.23. The Morgan fingerprint density at radius 3 is 2.25 bits per heavy atom. The van der Waals surface area contributed by atoms with Gasteiger partial charge in [0.1, 0.15) is 6.04 Å². The molecule has 0 fully saturated rings. The maximum Gasteiger partial charge on any atom is 0.322 e. The zero-order chi connectivity index (χ0) is 15.7. The van der Waals surface area contributed by atoms with Crippen LogP contribution in [0.25, 0.3) is 0 Å². The Labute approximate surface area is 120 Å². The van der Waals surface area contributed by atoms with Gasteiger partial charge in [-0.25, -0.2) is 8.42 Å². The van der Waals surface area contributed by atoms with Crippen LogP contribution in [0, 0.1) is 19.3 Å². The third-order valence-corrected chi connectivity index (χ3v) is 4.58. The normalized spacial score (nSPS) is 14.1. The minimum atomic E-state index is -3.87. The molecule has 0 heterocycles. The summed E-state index contributed by atoms with van der Waals surface area (Å²) in [6, 6.07) is 3.87. The van der Waals surface area contributed by atoms with Gasteiger partial charge in [0.15, 0.2) is 0 Å². The van der Waals surface area contributed by atoms with Crippen molar-refractivity contribution >= 4 is 16.0 Å². The molecule has 0 saturated carbocycles. The van der Waals surface area contributed by atoms with Crippen molar-refractivity contribution in [2.75, 3.05) is 0 Å². The lowest BCUT2D eigenvalue weighted by atomic mass is 9.88. The number of hydrogen-bond donors (Lipinski definition) is 2. The number of aryl methyl sites for hydroxylation is 2. The maximum absolute atomic E-state index is 12.4. The standard InChI is InChI=1S/C14H21NO4S/c1-9-6-7-10(2)11(8-9)20(18,19)15-12(13(16)17)14(3,4)5/h6-8,12,15H,1-5H3,(H,16,17)/t12-/m1/s1. The summed E-state index contributed by atoms with van der Waals surface area (Å²) in [5.41, 5.74) is 0.663. The Balaban J connectivity index is 3.24. The van der Waals surface area contributed by atoms with Gasteiger partial charge in [0.25, 0.3) is 0 Å². The molecule has 1 atom stereocenters. The van der Waals surface area contributed by atoms with E-state index in [1.54, 1.807) is 46.8 Å². The highest BCUT2D eigenvalue weighted by atomic mass is 32.2. The zero-order valence-electron chi connectivity index (χ0n) is 12.4. The first kappa shape index (κ1) is 16.7. The van der Waals surface area contributed by atoms with Crippen LogP contribution in [0.15, 0.2) is 23.1 Å². The summed E-state index contributed by atoms with van der Waals surface area (Å²) < 4.78 is 27.1. The largest absolute Gasteiger partial charge is 0.480 e. The highest BCUT2D eigenvalue weighted by Gasteiger charge is 2.35. The average Bonchev–Trinajstić information content (AvgIpc) is 2.27. The molecule has 1 rings (SSSR count). The third-order valence-electron chi connectivity index (χ3n) is 3.02. The van der Waals surface area contributed by atoms with E-state index in [4.69, 9.17) is 0 Å². The Morgan fingerprint density at radius 2 is 1.80 bits per heavy atom. The quantitative estimate of drug-likeness (QED) is 0.891. The molecule has 112 valence electrons. The van der Waals surface area contributed by atoms with E-state index in [1.165, 1.54) is 0 Å². The smallest absolute Gasteiger partial charge is 0.322 e. The molecular formula is C14H21NO4S. The van der Waals surface area contributed by atoms with Crippen LogP contribution in [0.3, 0.4) is 0 Å². The van der Waals surface area contributed by atoms with E-state index in [1.807, 2.05) is 6.07 Å². The van der Waals surface area contributed by atoms with Crippen molar-refractivity contribution in [2.45, 2.75) is 45.6 Å². The number of hydrogen-bond acceptors (Lipinski definition) is 3. The highest BCUT2D eigenvalue weighted by molar-refractivity contribution is 7.89. The number of carbonyl (C=O) groups is 1. The predicted molar refractivity (Wildman–Crippen MR) is 77.1 cm³/mol. The molecular weight excluding hydrogens is 278 g/mol. The second-order valence-corrected chi connectivity index (χ2v) is 7.71. The number of benzene rings is 1. The van der Waals surface area contributed by atoms with Crippen LogP contribution in [0.1, 0.15) is 31.9 Å². The van der Waals surface area contributed by atoms with E-state index < -0.39 is 27.4 Å². The van der Waals surface area contributed by atoms with Crippen molar-refractivity contribution in [1.29, 1.82) is 0 Å². The van der Waals surface area contributed by atoms with Crippen molar-refractivity contribution in [3.8, 4) is 0 Å².